The van der Waals surface area contributed by atoms with Crippen LogP contribution in [-0.2, 0) is 11.3 Å². The molecule has 0 radical (unpaired) electrons. The number of anilines is 1. The Balaban J connectivity index is 1.52. The third-order valence-corrected chi connectivity index (χ3v) is 4.49. The Morgan fingerprint density at radius 1 is 1.15 bits per heavy atom. The van der Waals surface area contributed by atoms with Gasteiger partial charge in [-0.1, -0.05) is 35.9 Å². The molecule has 1 saturated heterocycles. The Bertz CT molecular complexity index is 740. The highest BCUT2D eigenvalue weighted by Gasteiger charge is 2.10. The molecule has 0 aromatic heterocycles. The molecule has 27 heavy (non-hydrogen) atoms. The van der Waals surface area contributed by atoms with Gasteiger partial charge in [-0.2, -0.15) is 0 Å². The van der Waals surface area contributed by atoms with E-state index in [1.165, 1.54) is 5.56 Å². The molecular formula is C21H28N4O2. The Hall–Kier alpha value is -2.57. The fourth-order valence-corrected chi connectivity index (χ4v) is 2.88. The summed E-state index contributed by atoms with van der Waals surface area (Å²) in [5.41, 5.74) is 9.18. The summed E-state index contributed by atoms with van der Waals surface area (Å²) in [5.74, 6) is 1.25. The molecule has 6 heteroatoms. The van der Waals surface area contributed by atoms with Gasteiger partial charge in [-0.15, -0.1) is 0 Å². The number of aliphatic imine (C=N–C) groups is 1. The first kappa shape index (κ1) is 19.2. The highest BCUT2D eigenvalue weighted by Crippen LogP contribution is 2.19. The number of hydrogen-bond donors (Lipinski definition) is 2. The molecular weight excluding hydrogens is 340 g/mol. The van der Waals surface area contributed by atoms with Gasteiger partial charge in [0.05, 0.1) is 19.8 Å². The molecule has 3 N–H and O–H groups in total. The highest BCUT2D eigenvalue weighted by molar-refractivity contribution is 5.92. The predicted molar refractivity (Wildman–Crippen MR) is 109 cm³/mol. The lowest BCUT2D eigenvalue weighted by atomic mass is 10.2. The zero-order chi connectivity index (χ0) is 18.9. The van der Waals surface area contributed by atoms with Gasteiger partial charge in [-0.25, -0.2) is 4.99 Å². The molecule has 1 aliphatic heterocycles. The van der Waals surface area contributed by atoms with Crippen molar-refractivity contribution in [2.75, 3.05) is 44.8 Å². The van der Waals surface area contributed by atoms with Crippen LogP contribution in [0.2, 0.25) is 0 Å². The van der Waals surface area contributed by atoms with Crippen LogP contribution in [-0.4, -0.2) is 50.3 Å². The van der Waals surface area contributed by atoms with Gasteiger partial charge in [0.2, 0.25) is 0 Å². The number of rotatable bonds is 7. The maximum atomic E-state index is 6.02. The molecule has 2 aromatic carbocycles. The standard InChI is InChI=1S/C21H28N4O2/c1-17-6-8-19(9-7-17)24-21(22)23-16-18-4-2-3-5-20(18)27-15-12-25-10-13-26-14-11-25/h2-9H,10-16H2,1H3,(H3,22,23,24). The van der Waals surface area contributed by atoms with Crippen LogP contribution in [0.1, 0.15) is 11.1 Å². The summed E-state index contributed by atoms with van der Waals surface area (Å²) >= 11 is 0. The van der Waals surface area contributed by atoms with Crippen LogP contribution in [0.15, 0.2) is 53.5 Å². The zero-order valence-electron chi connectivity index (χ0n) is 15.9. The van der Waals surface area contributed by atoms with Crippen molar-refractivity contribution in [1.29, 1.82) is 0 Å². The number of nitrogens with two attached hydrogens (primary N) is 1. The van der Waals surface area contributed by atoms with Gasteiger partial charge >= 0.3 is 0 Å². The predicted octanol–water partition coefficient (Wildman–Crippen LogP) is 2.63. The van der Waals surface area contributed by atoms with Gasteiger partial charge in [-0.3, -0.25) is 4.90 Å². The largest absolute Gasteiger partial charge is 0.492 e. The van der Waals surface area contributed by atoms with E-state index in [-0.39, 0.29) is 0 Å². The minimum atomic E-state index is 0.391. The van der Waals surface area contributed by atoms with Crippen molar-refractivity contribution in [1.82, 2.24) is 4.90 Å². The molecule has 3 rings (SSSR count). The molecule has 1 heterocycles. The van der Waals surface area contributed by atoms with Crippen molar-refractivity contribution in [3.8, 4) is 5.75 Å². The summed E-state index contributed by atoms with van der Waals surface area (Å²) < 4.78 is 11.4. The quantitative estimate of drug-likeness (QED) is 0.581. The SMILES string of the molecule is Cc1ccc(NC(N)=NCc2ccccc2OCCN2CCOCC2)cc1. The van der Waals surface area contributed by atoms with Crippen LogP contribution in [0.4, 0.5) is 5.69 Å². The third kappa shape index (κ3) is 6.27. The molecule has 1 fully saturated rings. The summed E-state index contributed by atoms with van der Waals surface area (Å²) in [6.07, 6.45) is 0. The second-order valence-electron chi connectivity index (χ2n) is 6.60. The van der Waals surface area contributed by atoms with Crippen LogP contribution in [0.25, 0.3) is 0 Å². The van der Waals surface area contributed by atoms with Gasteiger partial charge in [0.1, 0.15) is 12.4 Å². The summed E-state index contributed by atoms with van der Waals surface area (Å²) in [7, 11) is 0. The molecule has 0 aliphatic carbocycles. The van der Waals surface area contributed by atoms with E-state index in [2.05, 4.69) is 22.1 Å². The first-order chi connectivity index (χ1) is 13.2. The van der Waals surface area contributed by atoms with Gasteiger partial charge in [0.25, 0.3) is 0 Å². The molecule has 144 valence electrons. The van der Waals surface area contributed by atoms with Crippen LogP contribution in [0, 0.1) is 6.92 Å². The molecule has 0 bridgehead atoms. The average Bonchev–Trinajstić information content (AvgIpc) is 2.70. The maximum Gasteiger partial charge on any atom is 0.193 e. The van der Waals surface area contributed by atoms with E-state index in [4.69, 9.17) is 15.2 Å². The number of guanidine groups is 1. The summed E-state index contributed by atoms with van der Waals surface area (Å²) in [4.78, 5) is 6.80. The molecule has 2 aromatic rings. The van der Waals surface area contributed by atoms with E-state index in [0.29, 0.717) is 19.1 Å². The Kier molecular flexibility index (Phi) is 7.07. The van der Waals surface area contributed by atoms with E-state index in [0.717, 1.165) is 49.8 Å². The summed E-state index contributed by atoms with van der Waals surface area (Å²) in [5, 5.41) is 3.11. The Morgan fingerprint density at radius 3 is 2.67 bits per heavy atom. The topological polar surface area (TPSA) is 72.1 Å². The molecule has 0 atom stereocenters. The van der Waals surface area contributed by atoms with E-state index in [1.54, 1.807) is 0 Å². The first-order valence-corrected chi connectivity index (χ1v) is 9.35. The lowest BCUT2D eigenvalue weighted by molar-refractivity contribution is 0.0322. The second-order valence-corrected chi connectivity index (χ2v) is 6.60. The number of hydrogen-bond acceptors (Lipinski definition) is 4. The van der Waals surface area contributed by atoms with Crippen molar-refractivity contribution >= 4 is 11.6 Å². The van der Waals surface area contributed by atoms with Crippen molar-refractivity contribution < 1.29 is 9.47 Å². The third-order valence-electron chi connectivity index (χ3n) is 4.49. The number of nitrogens with one attached hydrogen (secondary N) is 1. The van der Waals surface area contributed by atoms with Crippen molar-refractivity contribution in [3.05, 3.63) is 59.7 Å². The minimum Gasteiger partial charge on any atom is -0.492 e. The number of morpholine rings is 1. The normalized spacial score (nSPS) is 15.5. The molecule has 0 unspecified atom stereocenters. The Morgan fingerprint density at radius 2 is 1.89 bits per heavy atom. The van der Waals surface area contributed by atoms with Gasteiger partial charge in [-0.05, 0) is 25.1 Å². The maximum absolute atomic E-state index is 6.02. The van der Waals surface area contributed by atoms with E-state index < -0.39 is 0 Å². The van der Waals surface area contributed by atoms with Crippen molar-refractivity contribution in [3.63, 3.8) is 0 Å². The number of nitrogens with zero attached hydrogens (tertiary/aromatic N) is 2. The lowest BCUT2D eigenvalue weighted by Gasteiger charge is -2.26. The van der Waals surface area contributed by atoms with Gasteiger partial charge < -0.3 is 20.5 Å². The van der Waals surface area contributed by atoms with Gasteiger partial charge in [0.15, 0.2) is 5.96 Å². The summed E-state index contributed by atoms with van der Waals surface area (Å²) in [6, 6.07) is 16.0. The Labute approximate surface area is 161 Å². The molecule has 0 spiro atoms. The highest BCUT2D eigenvalue weighted by atomic mass is 16.5. The minimum absolute atomic E-state index is 0.391. The number of benzene rings is 2. The molecule has 0 amide bonds. The second kappa shape index (κ2) is 9.94. The fourth-order valence-electron chi connectivity index (χ4n) is 2.88. The molecule has 0 saturated carbocycles. The average molecular weight is 368 g/mol. The van der Waals surface area contributed by atoms with Crippen molar-refractivity contribution in [2.24, 2.45) is 10.7 Å². The van der Waals surface area contributed by atoms with Crippen LogP contribution < -0.4 is 15.8 Å². The van der Waals surface area contributed by atoms with Crippen LogP contribution in [0.3, 0.4) is 0 Å². The molecule has 6 nitrogen and oxygen atoms in total. The van der Waals surface area contributed by atoms with Crippen LogP contribution >= 0.6 is 0 Å². The van der Waals surface area contributed by atoms with E-state index in [1.807, 2.05) is 48.5 Å². The zero-order valence-corrected chi connectivity index (χ0v) is 15.9. The fraction of sp³-hybridized carbons (Fsp3) is 0.381. The van der Waals surface area contributed by atoms with Gasteiger partial charge in [0, 0.05) is 30.9 Å². The summed E-state index contributed by atoms with van der Waals surface area (Å²) in [6.45, 7) is 7.62. The lowest BCUT2D eigenvalue weighted by Crippen LogP contribution is -2.38. The van der Waals surface area contributed by atoms with E-state index >= 15 is 0 Å². The number of ether oxygens (including phenoxy) is 2. The molecule has 1 aliphatic rings. The monoisotopic (exact) mass is 368 g/mol. The van der Waals surface area contributed by atoms with Crippen LogP contribution in [0.5, 0.6) is 5.75 Å². The first-order valence-electron chi connectivity index (χ1n) is 9.35. The van der Waals surface area contributed by atoms with E-state index in [9.17, 15) is 0 Å². The number of para-hydroxylation sites is 1. The van der Waals surface area contributed by atoms with Crippen molar-refractivity contribution in [2.45, 2.75) is 13.5 Å². The number of aryl methyl sites for hydroxylation is 1. The smallest absolute Gasteiger partial charge is 0.193 e.